The molecule has 1 aromatic rings. The van der Waals surface area contributed by atoms with Crippen molar-refractivity contribution in [1.82, 2.24) is 0 Å². The quantitative estimate of drug-likeness (QED) is 0.477. The van der Waals surface area contributed by atoms with E-state index in [2.05, 4.69) is 71.9 Å². The first-order valence-corrected chi connectivity index (χ1v) is 8.98. The predicted molar refractivity (Wildman–Crippen MR) is 99.6 cm³/mol. The van der Waals surface area contributed by atoms with Gasteiger partial charge in [0.15, 0.2) is 11.5 Å². The summed E-state index contributed by atoms with van der Waals surface area (Å²) in [6, 6.07) is 6.44. The lowest BCUT2D eigenvalue weighted by Gasteiger charge is -2.19. The molecular weight excluding hydrogens is 284 g/mol. The summed E-state index contributed by atoms with van der Waals surface area (Å²) in [6.45, 7) is 14.4. The number of benzene rings is 1. The predicted octanol–water partition coefficient (Wildman–Crippen LogP) is 6.22. The zero-order chi connectivity index (χ0) is 17.2. The van der Waals surface area contributed by atoms with E-state index >= 15 is 0 Å². The Morgan fingerprint density at radius 3 is 2.09 bits per heavy atom. The molecular formula is C21H34O2. The fourth-order valence-electron chi connectivity index (χ4n) is 2.36. The molecule has 0 aliphatic carbocycles. The van der Waals surface area contributed by atoms with Gasteiger partial charge in [-0.05, 0) is 55.2 Å². The second-order valence-electron chi connectivity index (χ2n) is 7.03. The maximum atomic E-state index is 6.03. The second kappa shape index (κ2) is 10.4. The molecule has 0 aliphatic heterocycles. The van der Waals surface area contributed by atoms with Gasteiger partial charge in [-0.15, -0.1) is 0 Å². The Hall–Kier alpha value is -1.44. The lowest BCUT2D eigenvalue weighted by atomic mass is 9.93. The Morgan fingerprint density at radius 2 is 1.57 bits per heavy atom. The van der Waals surface area contributed by atoms with Crippen LogP contribution < -0.4 is 9.47 Å². The zero-order valence-electron chi connectivity index (χ0n) is 15.8. The average Bonchev–Trinajstić information content (AvgIpc) is 2.52. The fourth-order valence-corrected chi connectivity index (χ4v) is 2.36. The summed E-state index contributed by atoms with van der Waals surface area (Å²) in [7, 11) is 0. The van der Waals surface area contributed by atoms with Crippen molar-refractivity contribution in [3.63, 3.8) is 0 Å². The Labute approximate surface area is 142 Å². The summed E-state index contributed by atoms with van der Waals surface area (Å²) in [6.07, 6.45) is 6.56. The molecule has 0 saturated carbocycles. The normalized spacial score (nSPS) is 13.0. The lowest BCUT2D eigenvalue weighted by Crippen LogP contribution is -2.09. The third-order valence-electron chi connectivity index (χ3n) is 3.73. The van der Waals surface area contributed by atoms with Crippen molar-refractivity contribution < 1.29 is 9.47 Å². The molecule has 0 bridgehead atoms. The molecule has 1 aromatic carbocycles. The number of rotatable bonds is 10. The van der Waals surface area contributed by atoms with Crippen molar-refractivity contribution in [3.8, 4) is 11.5 Å². The zero-order valence-corrected chi connectivity index (χ0v) is 15.8. The van der Waals surface area contributed by atoms with Crippen LogP contribution in [0.2, 0.25) is 0 Å². The molecule has 1 rings (SSSR count). The van der Waals surface area contributed by atoms with E-state index in [1.54, 1.807) is 0 Å². The smallest absolute Gasteiger partial charge is 0.161 e. The van der Waals surface area contributed by atoms with Crippen molar-refractivity contribution in [2.75, 3.05) is 13.2 Å². The second-order valence-corrected chi connectivity index (χ2v) is 7.03. The Bertz CT molecular complexity index is 475. The summed E-state index contributed by atoms with van der Waals surface area (Å²) in [5.41, 5.74) is 1.33. The summed E-state index contributed by atoms with van der Waals surface area (Å²) in [5, 5.41) is 0. The summed E-state index contributed by atoms with van der Waals surface area (Å²) in [5.74, 6) is 3.29. The highest BCUT2D eigenvalue weighted by atomic mass is 16.5. The van der Waals surface area contributed by atoms with Crippen LogP contribution in [-0.4, -0.2) is 13.2 Å². The van der Waals surface area contributed by atoms with Crippen LogP contribution in [0.1, 0.15) is 65.9 Å². The molecule has 0 heterocycles. The van der Waals surface area contributed by atoms with Gasteiger partial charge < -0.3 is 9.47 Å². The minimum Gasteiger partial charge on any atom is -0.489 e. The Balaban J connectivity index is 2.98. The van der Waals surface area contributed by atoms with Crippen molar-refractivity contribution in [1.29, 1.82) is 0 Å². The van der Waals surface area contributed by atoms with E-state index in [4.69, 9.17) is 9.47 Å². The van der Waals surface area contributed by atoms with Crippen LogP contribution in [0.4, 0.5) is 0 Å². The molecule has 1 atom stereocenters. The van der Waals surface area contributed by atoms with Crippen molar-refractivity contribution in [2.45, 2.75) is 60.3 Å². The highest BCUT2D eigenvalue weighted by Crippen LogP contribution is 2.34. The molecule has 0 aromatic heterocycles. The number of hydrogen-bond acceptors (Lipinski definition) is 2. The van der Waals surface area contributed by atoms with Crippen molar-refractivity contribution in [3.05, 3.63) is 35.9 Å². The summed E-state index contributed by atoms with van der Waals surface area (Å²) < 4.78 is 12.0. The third-order valence-corrected chi connectivity index (χ3v) is 3.73. The molecule has 0 spiro atoms. The van der Waals surface area contributed by atoms with Gasteiger partial charge in [0, 0.05) is 0 Å². The van der Waals surface area contributed by atoms with Crippen LogP contribution in [0.5, 0.6) is 11.5 Å². The molecule has 0 saturated heterocycles. The monoisotopic (exact) mass is 318 g/mol. The molecule has 0 aliphatic rings. The van der Waals surface area contributed by atoms with Crippen LogP contribution in [0, 0.1) is 11.8 Å². The molecule has 0 fully saturated rings. The summed E-state index contributed by atoms with van der Waals surface area (Å²) >= 11 is 0. The van der Waals surface area contributed by atoms with Crippen LogP contribution in [0.15, 0.2) is 30.4 Å². The highest BCUT2D eigenvalue weighted by molar-refractivity contribution is 5.44. The van der Waals surface area contributed by atoms with Crippen molar-refractivity contribution >= 4 is 0 Å². The molecule has 0 radical (unpaired) electrons. The van der Waals surface area contributed by atoms with E-state index < -0.39 is 0 Å². The minimum atomic E-state index is 0.501. The minimum absolute atomic E-state index is 0.501. The highest BCUT2D eigenvalue weighted by Gasteiger charge is 2.13. The van der Waals surface area contributed by atoms with Gasteiger partial charge in [0.05, 0.1) is 13.2 Å². The van der Waals surface area contributed by atoms with Gasteiger partial charge >= 0.3 is 0 Å². The average molecular weight is 319 g/mol. The standard InChI is InChI=1S/C21H34O2/c1-7-9-10-18(8-2)19-11-12-20(22-14-16(3)4)21(13-19)23-15-17(5)6/h7,9,11-13,16-18H,8,10,14-15H2,1-6H3/b9-7-. The molecule has 0 amide bonds. The van der Waals surface area contributed by atoms with E-state index in [1.807, 2.05) is 0 Å². The summed E-state index contributed by atoms with van der Waals surface area (Å²) in [4.78, 5) is 0. The first-order chi connectivity index (χ1) is 11.0. The van der Waals surface area contributed by atoms with E-state index in [1.165, 1.54) is 5.56 Å². The number of hydrogen-bond donors (Lipinski definition) is 0. The maximum absolute atomic E-state index is 6.03. The van der Waals surface area contributed by atoms with Crippen molar-refractivity contribution in [2.24, 2.45) is 11.8 Å². The molecule has 2 nitrogen and oxygen atoms in total. The largest absolute Gasteiger partial charge is 0.489 e. The van der Waals surface area contributed by atoms with Gasteiger partial charge in [-0.1, -0.05) is 52.8 Å². The Kier molecular flexibility index (Phi) is 8.83. The first-order valence-electron chi connectivity index (χ1n) is 8.98. The van der Waals surface area contributed by atoms with Gasteiger partial charge in [-0.25, -0.2) is 0 Å². The molecule has 23 heavy (non-hydrogen) atoms. The SMILES string of the molecule is C/C=C\CC(CC)c1ccc(OCC(C)C)c(OCC(C)C)c1. The molecule has 0 N–H and O–H groups in total. The van der Waals surface area contributed by atoms with E-state index in [9.17, 15) is 0 Å². The van der Waals surface area contributed by atoms with Crippen LogP contribution in [-0.2, 0) is 0 Å². The van der Waals surface area contributed by atoms with Crippen LogP contribution >= 0.6 is 0 Å². The van der Waals surface area contributed by atoms with Crippen LogP contribution in [0.25, 0.3) is 0 Å². The van der Waals surface area contributed by atoms with E-state index in [-0.39, 0.29) is 0 Å². The number of allylic oxidation sites excluding steroid dienone is 2. The van der Waals surface area contributed by atoms with E-state index in [0.29, 0.717) is 31.0 Å². The van der Waals surface area contributed by atoms with Gasteiger partial charge in [0.25, 0.3) is 0 Å². The Morgan fingerprint density at radius 1 is 0.957 bits per heavy atom. The first kappa shape index (κ1) is 19.6. The molecule has 130 valence electrons. The van der Waals surface area contributed by atoms with Gasteiger partial charge in [-0.3, -0.25) is 0 Å². The topological polar surface area (TPSA) is 18.5 Å². The van der Waals surface area contributed by atoms with Gasteiger partial charge in [0.1, 0.15) is 0 Å². The maximum Gasteiger partial charge on any atom is 0.161 e. The van der Waals surface area contributed by atoms with E-state index in [0.717, 1.165) is 24.3 Å². The molecule has 2 heteroatoms. The third kappa shape index (κ3) is 7.11. The van der Waals surface area contributed by atoms with Gasteiger partial charge in [-0.2, -0.15) is 0 Å². The van der Waals surface area contributed by atoms with Crippen LogP contribution in [0.3, 0.4) is 0 Å². The van der Waals surface area contributed by atoms with Gasteiger partial charge in [0.2, 0.25) is 0 Å². The fraction of sp³-hybridized carbons (Fsp3) is 0.619. The number of ether oxygens (including phenoxy) is 2. The molecule has 1 unspecified atom stereocenters. The lowest BCUT2D eigenvalue weighted by molar-refractivity contribution is 0.229.